The fraction of sp³-hybridized carbons (Fsp3) is 0.0588. The molecule has 3 aromatic rings. The summed E-state index contributed by atoms with van der Waals surface area (Å²) in [5.41, 5.74) is 3.23. The molecule has 5 heteroatoms. The first kappa shape index (κ1) is 14.6. The number of rotatable bonds is 4. The van der Waals surface area contributed by atoms with Gasteiger partial charge >= 0.3 is 11.4 Å². The van der Waals surface area contributed by atoms with E-state index in [4.69, 9.17) is 8.74 Å². The van der Waals surface area contributed by atoms with E-state index >= 15 is 0 Å². The lowest BCUT2D eigenvalue weighted by molar-refractivity contribution is 0.458. The molecule has 0 fully saturated rings. The van der Waals surface area contributed by atoms with E-state index < -0.39 is 11.4 Å². The smallest absolute Gasteiger partial charge is 0.357 e. The van der Waals surface area contributed by atoms with E-state index in [1.54, 1.807) is 12.1 Å². The zero-order valence-electron chi connectivity index (χ0n) is 11.9. The molecule has 1 atom stereocenters. The molecule has 3 rings (SSSR count). The molecule has 0 aliphatic carbocycles. The third-order valence-corrected chi connectivity index (χ3v) is 3.65. The minimum Gasteiger partial charge on any atom is -0.380 e. The summed E-state index contributed by atoms with van der Waals surface area (Å²) in [5.74, 6) is 0.368. The van der Waals surface area contributed by atoms with Gasteiger partial charge in [-0.05, 0) is 54.1 Å². The molecule has 0 spiro atoms. The molecule has 0 radical (unpaired) electrons. The number of nitrogens with one attached hydrogen (secondary N) is 1. The molecule has 0 bridgehead atoms. The number of fused-ring (bicyclic) bond motifs is 1. The third-order valence-electron chi connectivity index (χ3n) is 3.32. The highest BCUT2D eigenvalue weighted by atomic mass is 32.2. The van der Waals surface area contributed by atoms with Crippen molar-refractivity contribution in [1.29, 1.82) is 0 Å². The maximum Gasteiger partial charge on any atom is 0.357 e. The van der Waals surface area contributed by atoms with E-state index in [2.05, 4.69) is 24.4 Å². The molecule has 112 valence electrons. The van der Waals surface area contributed by atoms with Crippen molar-refractivity contribution < 1.29 is 12.9 Å². The van der Waals surface area contributed by atoms with Crippen molar-refractivity contribution >= 4 is 33.5 Å². The zero-order chi connectivity index (χ0) is 15.5. The second-order valence-corrected chi connectivity index (χ2v) is 5.62. The van der Waals surface area contributed by atoms with E-state index in [-0.39, 0.29) is 0 Å². The molecule has 0 aliphatic heterocycles. The van der Waals surface area contributed by atoms with Gasteiger partial charge in [0.05, 0.1) is 0 Å². The number of aryl methyl sites for hydroxylation is 1. The first-order valence-electron chi connectivity index (χ1n) is 6.77. The lowest BCUT2D eigenvalue weighted by atomic mass is 10.1. The van der Waals surface area contributed by atoms with Crippen molar-refractivity contribution in [3.05, 3.63) is 66.2 Å². The first-order chi connectivity index (χ1) is 10.6. The Balaban J connectivity index is 1.86. The minimum absolute atomic E-state index is 0.368. The van der Waals surface area contributed by atoms with Gasteiger partial charge in [0.2, 0.25) is 0 Å². The number of hydrogen-bond donors (Lipinski definition) is 2. The summed E-state index contributed by atoms with van der Waals surface area (Å²) >= 11 is -2.30. The lowest BCUT2D eigenvalue weighted by Gasteiger charge is -2.09. The van der Waals surface area contributed by atoms with Crippen molar-refractivity contribution in [2.75, 3.05) is 5.32 Å². The highest BCUT2D eigenvalue weighted by molar-refractivity contribution is 7.74. The summed E-state index contributed by atoms with van der Waals surface area (Å²) in [4.78, 5) is 0. The quantitative estimate of drug-likeness (QED) is 0.701. The molecule has 0 aromatic heterocycles. The van der Waals surface area contributed by atoms with Crippen LogP contribution in [0.5, 0.6) is 5.75 Å². The molecule has 0 saturated carbocycles. The van der Waals surface area contributed by atoms with Crippen molar-refractivity contribution in [2.24, 2.45) is 0 Å². The van der Waals surface area contributed by atoms with E-state index in [0.29, 0.717) is 5.75 Å². The average Bonchev–Trinajstić information content (AvgIpc) is 2.49. The standard InChI is InChI=1S/C17H15NO3S/c1-12-2-6-15(7-3-12)18-16-8-4-14-11-17(21-22(19)20)9-5-13(14)10-16/h2-11,18H,1H3,(H,19,20). The van der Waals surface area contributed by atoms with Crippen LogP contribution >= 0.6 is 0 Å². The zero-order valence-corrected chi connectivity index (χ0v) is 12.8. The van der Waals surface area contributed by atoms with Crippen LogP contribution < -0.4 is 9.50 Å². The SMILES string of the molecule is Cc1ccc(Nc2ccc3cc(OS(=O)O)ccc3c2)cc1. The molecule has 22 heavy (non-hydrogen) atoms. The molecular weight excluding hydrogens is 298 g/mol. The molecule has 2 N–H and O–H groups in total. The van der Waals surface area contributed by atoms with Gasteiger partial charge in [0, 0.05) is 11.4 Å². The summed E-state index contributed by atoms with van der Waals surface area (Å²) in [6.45, 7) is 2.05. The third kappa shape index (κ3) is 3.44. The van der Waals surface area contributed by atoms with E-state index in [1.165, 1.54) is 5.56 Å². The second-order valence-electron chi connectivity index (χ2n) is 5.02. The van der Waals surface area contributed by atoms with Crippen LogP contribution in [-0.4, -0.2) is 8.76 Å². The number of anilines is 2. The maximum atomic E-state index is 10.7. The predicted octanol–water partition coefficient (Wildman–Crippen LogP) is 4.41. The average molecular weight is 313 g/mol. The van der Waals surface area contributed by atoms with Gasteiger partial charge in [-0.25, -0.2) is 0 Å². The van der Waals surface area contributed by atoms with Crippen LogP contribution in [0.4, 0.5) is 11.4 Å². The Morgan fingerprint density at radius 1 is 0.909 bits per heavy atom. The van der Waals surface area contributed by atoms with Crippen LogP contribution in [0.15, 0.2) is 60.7 Å². The van der Waals surface area contributed by atoms with Crippen LogP contribution in [0.25, 0.3) is 10.8 Å². The Morgan fingerprint density at radius 3 is 2.27 bits per heavy atom. The molecule has 0 heterocycles. The number of benzene rings is 3. The van der Waals surface area contributed by atoms with Gasteiger partial charge < -0.3 is 9.50 Å². The maximum absolute atomic E-state index is 10.7. The van der Waals surface area contributed by atoms with Crippen molar-refractivity contribution in [1.82, 2.24) is 0 Å². The van der Waals surface area contributed by atoms with Crippen molar-refractivity contribution in [3.63, 3.8) is 0 Å². The predicted molar refractivity (Wildman–Crippen MR) is 89.8 cm³/mol. The minimum atomic E-state index is -2.30. The highest BCUT2D eigenvalue weighted by Gasteiger charge is 2.02. The van der Waals surface area contributed by atoms with E-state index in [1.807, 2.05) is 36.4 Å². The van der Waals surface area contributed by atoms with Crippen LogP contribution in [0.3, 0.4) is 0 Å². The van der Waals surface area contributed by atoms with Gasteiger partial charge in [-0.15, -0.1) is 0 Å². The van der Waals surface area contributed by atoms with Crippen molar-refractivity contribution in [2.45, 2.75) is 6.92 Å². The topological polar surface area (TPSA) is 58.6 Å². The van der Waals surface area contributed by atoms with Gasteiger partial charge in [0.15, 0.2) is 0 Å². The van der Waals surface area contributed by atoms with Crippen LogP contribution in [0.2, 0.25) is 0 Å². The van der Waals surface area contributed by atoms with E-state index in [9.17, 15) is 4.21 Å². The van der Waals surface area contributed by atoms with Gasteiger partial charge in [0.1, 0.15) is 5.75 Å². The molecule has 0 saturated heterocycles. The van der Waals surface area contributed by atoms with Crippen molar-refractivity contribution in [3.8, 4) is 5.75 Å². The Hall–Kier alpha value is -2.37. The van der Waals surface area contributed by atoms with Crippen LogP contribution in [0.1, 0.15) is 5.56 Å². The Morgan fingerprint density at radius 2 is 1.55 bits per heavy atom. The molecule has 0 aliphatic rings. The molecule has 0 amide bonds. The van der Waals surface area contributed by atoms with Crippen LogP contribution in [-0.2, 0) is 11.4 Å². The largest absolute Gasteiger partial charge is 0.380 e. The first-order valence-corrected chi connectivity index (χ1v) is 7.80. The van der Waals surface area contributed by atoms with Gasteiger partial charge in [-0.2, -0.15) is 4.21 Å². The lowest BCUT2D eigenvalue weighted by Crippen LogP contribution is -1.97. The fourth-order valence-corrected chi connectivity index (χ4v) is 2.51. The summed E-state index contributed by atoms with van der Waals surface area (Å²) in [5, 5.41) is 5.31. The number of hydrogen-bond acceptors (Lipinski definition) is 3. The summed E-state index contributed by atoms with van der Waals surface area (Å²) in [6, 6.07) is 19.4. The monoisotopic (exact) mass is 313 g/mol. The summed E-state index contributed by atoms with van der Waals surface area (Å²) in [7, 11) is 0. The molecular formula is C17H15NO3S. The molecule has 1 unspecified atom stereocenters. The molecule has 4 nitrogen and oxygen atoms in total. The Kier molecular flexibility index (Phi) is 4.09. The Labute approximate surface area is 131 Å². The second kappa shape index (κ2) is 6.17. The molecule has 3 aromatic carbocycles. The van der Waals surface area contributed by atoms with Gasteiger partial charge in [0.25, 0.3) is 0 Å². The normalized spacial score (nSPS) is 12.1. The Bertz CT molecular complexity index is 831. The van der Waals surface area contributed by atoms with Gasteiger partial charge in [-0.3, -0.25) is 4.55 Å². The van der Waals surface area contributed by atoms with E-state index in [0.717, 1.165) is 22.1 Å². The fourth-order valence-electron chi connectivity index (χ4n) is 2.24. The van der Waals surface area contributed by atoms with Crippen LogP contribution in [0, 0.1) is 6.92 Å². The van der Waals surface area contributed by atoms with Gasteiger partial charge in [-0.1, -0.05) is 29.8 Å². The summed E-state index contributed by atoms with van der Waals surface area (Å²) < 4.78 is 24.2. The highest BCUT2D eigenvalue weighted by Crippen LogP contribution is 2.26. The summed E-state index contributed by atoms with van der Waals surface area (Å²) in [6.07, 6.45) is 0.